The van der Waals surface area contributed by atoms with Gasteiger partial charge >= 0.3 is 5.97 Å². The predicted octanol–water partition coefficient (Wildman–Crippen LogP) is 2.47. The van der Waals surface area contributed by atoms with Crippen LogP contribution in [0.1, 0.15) is 46.1 Å². The van der Waals surface area contributed by atoms with Crippen molar-refractivity contribution in [3.05, 3.63) is 42.1 Å². The molecular weight excluding hydrogens is 418 g/mol. The Morgan fingerprint density at radius 1 is 1.23 bits per heavy atom. The van der Waals surface area contributed by atoms with Crippen molar-refractivity contribution in [3.8, 4) is 0 Å². The molecule has 1 heterocycles. The van der Waals surface area contributed by atoms with Gasteiger partial charge in [-0.3, -0.25) is 9.59 Å². The first-order valence-corrected chi connectivity index (χ1v) is 12.1. The van der Waals surface area contributed by atoms with Gasteiger partial charge in [0.1, 0.15) is 12.2 Å². The molecule has 31 heavy (non-hydrogen) atoms. The third-order valence-electron chi connectivity index (χ3n) is 5.58. The smallest absolute Gasteiger partial charge is 0.324 e. The minimum atomic E-state index is -3.88. The number of esters is 1. The zero-order valence-corrected chi connectivity index (χ0v) is 19.7. The molecule has 1 aromatic rings. The molecule has 0 spiro atoms. The van der Waals surface area contributed by atoms with E-state index in [0.717, 1.165) is 16.3 Å². The fraction of sp³-hybridized carbons (Fsp3) is 0.545. The number of rotatable bonds is 10. The Morgan fingerprint density at radius 3 is 2.42 bits per heavy atom. The maximum atomic E-state index is 13.2. The molecule has 3 atom stereocenters. The van der Waals surface area contributed by atoms with Crippen LogP contribution in [0.4, 0.5) is 0 Å². The van der Waals surface area contributed by atoms with Gasteiger partial charge in [-0.25, -0.2) is 8.42 Å². The Kier molecular flexibility index (Phi) is 8.64. The Bertz CT molecular complexity index is 898. The molecule has 0 saturated heterocycles. The quantitative estimate of drug-likeness (QED) is 0.549. The van der Waals surface area contributed by atoms with Gasteiger partial charge in [-0.05, 0) is 37.0 Å². The van der Waals surface area contributed by atoms with Gasteiger partial charge in [0.05, 0.1) is 11.5 Å². The number of likely N-dealkylation sites (N-methyl/N-ethyl adjacent to an activating group) is 1. The first-order valence-electron chi connectivity index (χ1n) is 10.6. The lowest BCUT2D eigenvalue weighted by Crippen LogP contribution is -2.47. The second-order valence-electron chi connectivity index (χ2n) is 7.67. The van der Waals surface area contributed by atoms with E-state index in [9.17, 15) is 18.0 Å². The maximum Gasteiger partial charge on any atom is 0.324 e. The molecule has 0 aromatic heterocycles. The zero-order valence-electron chi connectivity index (χ0n) is 18.9. The summed E-state index contributed by atoms with van der Waals surface area (Å²) in [5, 5.41) is 2.89. The SMILES string of the molecule is CCOC(=O)[C@@H]([C@H](C)CC)N(C)S(=O)(=O)c1ccc(CN2C=CC(=O)NC2CC)cc1. The van der Waals surface area contributed by atoms with Crippen molar-refractivity contribution in [3.63, 3.8) is 0 Å². The minimum Gasteiger partial charge on any atom is -0.465 e. The van der Waals surface area contributed by atoms with Gasteiger partial charge in [0.15, 0.2) is 0 Å². The summed E-state index contributed by atoms with van der Waals surface area (Å²) in [6.45, 7) is 8.16. The van der Waals surface area contributed by atoms with Crippen LogP contribution in [-0.4, -0.2) is 55.4 Å². The molecule has 1 amide bonds. The molecular formula is C22H33N3O5S. The Morgan fingerprint density at radius 2 is 1.87 bits per heavy atom. The summed E-state index contributed by atoms with van der Waals surface area (Å²) < 4.78 is 32.6. The van der Waals surface area contributed by atoms with E-state index in [0.29, 0.717) is 13.0 Å². The highest BCUT2D eigenvalue weighted by Gasteiger charge is 2.37. The standard InChI is InChI=1S/C22H33N3O5S/c1-6-16(4)21(22(27)30-8-3)24(5)31(28,29)18-11-9-17(10-12-18)15-25-14-13-20(26)23-19(25)7-2/h9-14,16,19,21H,6-8,15H2,1-5H3,(H,23,26)/t16-,19?,21-/m1/s1. The zero-order chi connectivity index (χ0) is 23.2. The third kappa shape index (κ3) is 5.86. The van der Waals surface area contributed by atoms with Crippen LogP contribution in [-0.2, 0) is 30.9 Å². The van der Waals surface area contributed by atoms with Crippen molar-refractivity contribution in [2.24, 2.45) is 5.92 Å². The molecule has 0 radical (unpaired) electrons. The number of nitrogens with zero attached hydrogens (tertiary/aromatic N) is 2. The average Bonchev–Trinajstić information content (AvgIpc) is 2.75. The summed E-state index contributed by atoms with van der Waals surface area (Å²) in [7, 11) is -2.46. The fourth-order valence-corrected chi connectivity index (χ4v) is 4.95. The van der Waals surface area contributed by atoms with E-state index in [4.69, 9.17) is 4.74 Å². The number of benzene rings is 1. The lowest BCUT2D eigenvalue weighted by molar-refractivity contribution is -0.149. The monoisotopic (exact) mass is 451 g/mol. The van der Waals surface area contributed by atoms with Gasteiger partial charge in [0, 0.05) is 25.9 Å². The second-order valence-corrected chi connectivity index (χ2v) is 9.67. The average molecular weight is 452 g/mol. The van der Waals surface area contributed by atoms with Crippen LogP contribution in [0.2, 0.25) is 0 Å². The molecule has 0 bridgehead atoms. The Hall–Kier alpha value is -2.39. The van der Waals surface area contributed by atoms with Crippen LogP contribution in [0.25, 0.3) is 0 Å². The van der Waals surface area contributed by atoms with E-state index in [-0.39, 0.29) is 29.5 Å². The van der Waals surface area contributed by atoms with Gasteiger partial charge in [-0.15, -0.1) is 0 Å². The molecule has 2 rings (SSSR count). The summed E-state index contributed by atoms with van der Waals surface area (Å²) in [6, 6.07) is 5.71. The lowest BCUT2D eigenvalue weighted by atomic mass is 9.99. The number of ether oxygens (including phenoxy) is 1. The molecule has 1 N–H and O–H groups in total. The predicted molar refractivity (Wildman–Crippen MR) is 118 cm³/mol. The van der Waals surface area contributed by atoms with E-state index in [2.05, 4.69) is 5.32 Å². The van der Waals surface area contributed by atoms with Crippen LogP contribution in [0.15, 0.2) is 41.4 Å². The molecule has 9 heteroatoms. The topological polar surface area (TPSA) is 96.0 Å². The fourth-order valence-electron chi connectivity index (χ4n) is 3.55. The van der Waals surface area contributed by atoms with E-state index in [1.807, 2.05) is 25.7 Å². The van der Waals surface area contributed by atoms with Crippen molar-refractivity contribution < 1.29 is 22.7 Å². The van der Waals surface area contributed by atoms with Crippen molar-refractivity contribution in [1.29, 1.82) is 0 Å². The van der Waals surface area contributed by atoms with Crippen LogP contribution in [0.5, 0.6) is 0 Å². The molecule has 1 aliphatic heterocycles. The number of amides is 1. The number of hydrogen-bond acceptors (Lipinski definition) is 6. The van der Waals surface area contributed by atoms with Crippen molar-refractivity contribution in [2.75, 3.05) is 13.7 Å². The molecule has 1 aromatic carbocycles. The molecule has 1 unspecified atom stereocenters. The number of nitrogens with one attached hydrogen (secondary N) is 1. The highest BCUT2D eigenvalue weighted by Crippen LogP contribution is 2.24. The molecule has 8 nitrogen and oxygen atoms in total. The molecule has 1 aliphatic rings. The number of sulfonamides is 1. The van der Waals surface area contributed by atoms with Crippen molar-refractivity contribution >= 4 is 21.9 Å². The van der Waals surface area contributed by atoms with E-state index in [1.54, 1.807) is 37.4 Å². The van der Waals surface area contributed by atoms with Crippen LogP contribution in [0, 0.1) is 5.92 Å². The van der Waals surface area contributed by atoms with E-state index in [1.165, 1.54) is 13.1 Å². The Labute approximate surface area is 185 Å². The maximum absolute atomic E-state index is 13.2. The van der Waals surface area contributed by atoms with E-state index >= 15 is 0 Å². The normalized spacial score (nSPS) is 18.6. The van der Waals surface area contributed by atoms with E-state index < -0.39 is 22.0 Å². The summed E-state index contributed by atoms with van der Waals surface area (Å²) in [6.07, 6.45) is 4.51. The third-order valence-corrected chi connectivity index (χ3v) is 7.43. The highest BCUT2D eigenvalue weighted by molar-refractivity contribution is 7.89. The second kappa shape index (κ2) is 10.8. The summed E-state index contributed by atoms with van der Waals surface area (Å²) >= 11 is 0. The highest BCUT2D eigenvalue weighted by atomic mass is 32.2. The van der Waals surface area contributed by atoms with Crippen molar-refractivity contribution in [2.45, 2.75) is 64.2 Å². The molecule has 0 fully saturated rings. The van der Waals surface area contributed by atoms with Gasteiger partial charge in [0.25, 0.3) is 0 Å². The molecule has 0 saturated carbocycles. The van der Waals surface area contributed by atoms with Gasteiger partial charge < -0.3 is 15.0 Å². The number of carbonyl (C=O) groups is 2. The largest absolute Gasteiger partial charge is 0.465 e. The lowest BCUT2D eigenvalue weighted by Gasteiger charge is -2.33. The van der Waals surface area contributed by atoms with Gasteiger partial charge in [-0.2, -0.15) is 4.31 Å². The number of carbonyl (C=O) groups excluding carboxylic acids is 2. The molecule has 172 valence electrons. The van der Waals surface area contributed by atoms with Crippen molar-refractivity contribution in [1.82, 2.24) is 14.5 Å². The van der Waals surface area contributed by atoms with Gasteiger partial charge in [0.2, 0.25) is 15.9 Å². The number of hydrogen-bond donors (Lipinski definition) is 1. The molecule has 0 aliphatic carbocycles. The summed E-state index contributed by atoms with van der Waals surface area (Å²) in [5.74, 6) is -0.848. The van der Waals surface area contributed by atoms with Crippen LogP contribution in [0.3, 0.4) is 0 Å². The van der Waals surface area contributed by atoms with Crippen LogP contribution >= 0.6 is 0 Å². The first-order chi connectivity index (χ1) is 14.6. The van der Waals surface area contributed by atoms with Gasteiger partial charge in [-0.1, -0.05) is 39.3 Å². The first kappa shape index (κ1) is 24.9. The van der Waals surface area contributed by atoms with Crippen LogP contribution < -0.4 is 5.32 Å². The summed E-state index contributed by atoms with van der Waals surface area (Å²) in [4.78, 5) is 26.1. The Balaban J connectivity index is 2.22. The summed E-state index contributed by atoms with van der Waals surface area (Å²) in [5.41, 5.74) is 0.907. The minimum absolute atomic E-state index is 0.104.